The molecule has 0 spiro atoms. The fourth-order valence-electron chi connectivity index (χ4n) is 2.38. The highest BCUT2D eigenvalue weighted by Crippen LogP contribution is 2.37. The van der Waals surface area contributed by atoms with Gasteiger partial charge < -0.3 is 19.8 Å². The lowest BCUT2D eigenvalue weighted by Gasteiger charge is -2.32. The van der Waals surface area contributed by atoms with Crippen LogP contribution < -0.4 is 15.9 Å². The maximum Gasteiger partial charge on any atom is 0.495 e. The van der Waals surface area contributed by atoms with Gasteiger partial charge in [0.2, 0.25) is 5.91 Å². The lowest BCUT2D eigenvalue weighted by atomic mass is 9.75. The molecular weight excluding hydrogens is 281 g/mol. The van der Waals surface area contributed by atoms with Crippen LogP contribution in [-0.4, -0.2) is 30.3 Å². The number of carbonyl (C=O) groups is 1. The van der Waals surface area contributed by atoms with Crippen LogP contribution in [0.1, 0.15) is 50.9 Å². The number of rotatable bonds is 4. The van der Waals surface area contributed by atoms with E-state index in [-0.39, 0.29) is 6.10 Å². The predicted octanol–water partition coefficient (Wildman–Crippen LogP) is 1.63. The molecule has 6 heteroatoms. The van der Waals surface area contributed by atoms with E-state index >= 15 is 0 Å². The molecule has 118 valence electrons. The third kappa shape index (κ3) is 2.73. The predicted molar refractivity (Wildman–Crippen MR) is 84.3 cm³/mol. The number of benzene rings is 1. The zero-order chi connectivity index (χ0) is 16.1. The first kappa shape index (κ1) is 15.4. The summed E-state index contributed by atoms with van der Waals surface area (Å²) in [6.45, 7) is 7.89. The molecule has 3 rings (SSSR count). The molecule has 2 N–H and O–H groups in total. The van der Waals surface area contributed by atoms with Crippen molar-refractivity contribution in [3.05, 3.63) is 23.8 Å². The zero-order valence-electron chi connectivity index (χ0n) is 13.5. The summed E-state index contributed by atoms with van der Waals surface area (Å²) in [6.07, 6.45) is 2.43. The molecule has 1 heterocycles. The van der Waals surface area contributed by atoms with E-state index in [0.29, 0.717) is 11.0 Å². The van der Waals surface area contributed by atoms with Crippen molar-refractivity contribution in [2.75, 3.05) is 0 Å². The Balaban J connectivity index is 1.95. The minimum Gasteiger partial charge on any atom is -0.490 e. The molecule has 1 aliphatic carbocycles. The Morgan fingerprint density at radius 1 is 1.23 bits per heavy atom. The summed E-state index contributed by atoms with van der Waals surface area (Å²) in [5.74, 6) is 0.222. The fraction of sp³-hybridized carbons (Fsp3) is 0.562. The molecule has 22 heavy (non-hydrogen) atoms. The first-order chi connectivity index (χ1) is 10.2. The number of hydrogen-bond acceptors (Lipinski definition) is 4. The largest absolute Gasteiger partial charge is 0.495 e. The summed E-state index contributed by atoms with van der Waals surface area (Å²) >= 11 is 0. The van der Waals surface area contributed by atoms with Gasteiger partial charge in [0.05, 0.1) is 17.3 Å². The summed E-state index contributed by atoms with van der Waals surface area (Å²) in [6, 6.07) is 5.26. The SMILES string of the molecule is CC1(C)OB(c2cc(OC3CC3)ccc2C(N)=O)OC1(C)C. The van der Waals surface area contributed by atoms with Gasteiger partial charge in [0.15, 0.2) is 0 Å². The van der Waals surface area contributed by atoms with Gasteiger partial charge in [-0.1, -0.05) is 0 Å². The number of nitrogens with two attached hydrogens (primary N) is 1. The van der Waals surface area contributed by atoms with E-state index in [1.165, 1.54) is 0 Å². The van der Waals surface area contributed by atoms with Gasteiger partial charge in [0.25, 0.3) is 0 Å². The summed E-state index contributed by atoms with van der Waals surface area (Å²) in [5, 5.41) is 0. The molecule has 2 fully saturated rings. The van der Waals surface area contributed by atoms with Crippen LogP contribution in [0.4, 0.5) is 0 Å². The van der Waals surface area contributed by atoms with Crippen molar-refractivity contribution in [3.63, 3.8) is 0 Å². The Kier molecular flexibility index (Phi) is 3.49. The smallest absolute Gasteiger partial charge is 0.490 e. The highest BCUT2D eigenvalue weighted by atomic mass is 16.7. The molecule has 2 aliphatic rings. The van der Waals surface area contributed by atoms with Crippen LogP contribution in [0.5, 0.6) is 5.75 Å². The molecule has 1 saturated heterocycles. The summed E-state index contributed by atoms with van der Waals surface area (Å²) < 4.78 is 17.9. The second kappa shape index (κ2) is 5.00. The molecule has 0 unspecified atom stereocenters. The van der Waals surface area contributed by atoms with E-state index < -0.39 is 24.2 Å². The van der Waals surface area contributed by atoms with Crippen LogP contribution in [0.15, 0.2) is 18.2 Å². The Bertz CT molecular complexity index is 594. The van der Waals surface area contributed by atoms with Crippen LogP contribution >= 0.6 is 0 Å². The maximum atomic E-state index is 11.7. The highest BCUT2D eigenvalue weighted by molar-refractivity contribution is 6.63. The van der Waals surface area contributed by atoms with Crippen molar-refractivity contribution >= 4 is 18.5 Å². The molecule has 0 aromatic heterocycles. The van der Waals surface area contributed by atoms with Gasteiger partial charge in [-0.05, 0) is 64.2 Å². The third-order valence-corrected chi connectivity index (χ3v) is 4.62. The molecule has 1 saturated carbocycles. The van der Waals surface area contributed by atoms with Gasteiger partial charge in [-0.3, -0.25) is 4.79 Å². The van der Waals surface area contributed by atoms with Gasteiger partial charge in [0, 0.05) is 5.56 Å². The van der Waals surface area contributed by atoms with Crippen molar-refractivity contribution in [3.8, 4) is 5.75 Å². The highest BCUT2D eigenvalue weighted by Gasteiger charge is 2.52. The molecule has 0 atom stereocenters. The lowest BCUT2D eigenvalue weighted by molar-refractivity contribution is 0.00578. The van der Waals surface area contributed by atoms with E-state index in [2.05, 4.69) is 0 Å². The van der Waals surface area contributed by atoms with Crippen LogP contribution in [0.3, 0.4) is 0 Å². The van der Waals surface area contributed by atoms with Crippen molar-refractivity contribution in [1.29, 1.82) is 0 Å². The van der Waals surface area contributed by atoms with Gasteiger partial charge in [-0.2, -0.15) is 0 Å². The summed E-state index contributed by atoms with van der Waals surface area (Å²) in [4.78, 5) is 11.7. The van der Waals surface area contributed by atoms with E-state index in [4.69, 9.17) is 19.8 Å². The quantitative estimate of drug-likeness (QED) is 0.858. The Hall–Kier alpha value is -1.53. The Morgan fingerprint density at radius 3 is 2.32 bits per heavy atom. The van der Waals surface area contributed by atoms with E-state index in [0.717, 1.165) is 18.6 Å². The topological polar surface area (TPSA) is 70.8 Å². The van der Waals surface area contributed by atoms with Crippen molar-refractivity contribution < 1.29 is 18.8 Å². The summed E-state index contributed by atoms with van der Waals surface area (Å²) in [7, 11) is -0.629. The molecule has 1 aromatic carbocycles. The monoisotopic (exact) mass is 303 g/mol. The minimum atomic E-state index is -0.629. The van der Waals surface area contributed by atoms with E-state index in [1.807, 2.05) is 27.7 Å². The van der Waals surface area contributed by atoms with Gasteiger partial charge >= 0.3 is 7.12 Å². The zero-order valence-corrected chi connectivity index (χ0v) is 13.5. The van der Waals surface area contributed by atoms with Crippen molar-refractivity contribution in [2.24, 2.45) is 5.73 Å². The van der Waals surface area contributed by atoms with Crippen LogP contribution in [-0.2, 0) is 9.31 Å². The fourth-order valence-corrected chi connectivity index (χ4v) is 2.38. The van der Waals surface area contributed by atoms with Gasteiger partial charge in [-0.25, -0.2) is 0 Å². The number of ether oxygens (including phenoxy) is 1. The van der Waals surface area contributed by atoms with Crippen LogP contribution in [0, 0.1) is 0 Å². The van der Waals surface area contributed by atoms with E-state index in [1.54, 1.807) is 18.2 Å². The molecule has 1 aromatic rings. The first-order valence-corrected chi connectivity index (χ1v) is 7.66. The maximum absolute atomic E-state index is 11.7. The molecule has 0 bridgehead atoms. The number of hydrogen-bond donors (Lipinski definition) is 1. The second-order valence-corrected chi connectivity index (χ2v) is 7.02. The Labute approximate surface area is 131 Å². The normalized spacial score (nSPS) is 22.6. The Morgan fingerprint density at radius 2 is 1.82 bits per heavy atom. The van der Waals surface area contributed by atoms with Crippen LogP contribution in [0.2, 0.25) is 0 Å². The second-order valence-electron chi connectivity index (χ2n) is 7.02. The minimum absolute atomic E-state index is 0.283. The standard InChI is InChI=1S/C16H22BNO4/c1-15(2)16(3,4)22-17(21-15)13-9-11(20-10-5-6-10)7-8-12(13)14(18)19/h7-10H,5-6H2,1-4H3,(H2,18,19). The van der Waals surface area contributed by atoms with Gasteiger partial charge in [-0.15, -0.1) is 0 Å². The van der Waals surface area contributed by atoms with Gasteiger partial charge in [0.1, 0.15) is 5.75 Å². The molecule has 5 nitrogen and oxygen atoms in total. The number of amides is 1. The molecule has 0 radical (unpaired) electrons. The van der Waals surface area contributed by atoms with Crippen LogP contribution in [0.25, 0.3) is 0 Å². The average molecular weight is 303 g/mol. The van der Waals surface area contributed by atoms with E-state index in [9.17, 15) is 4.79 Å². The average Bonchev–Trinajstić information content (AvgIpc) is 3.17. The first-order valence-electron chi connectivity index (χ1n) is 7.66. The van der Waals surface area contributed by atoms with Crippen molar-refractivity contribution in [1.82, 2.24) is 0 Å². The number of carbonyl (C=O) groups excluding carboxylic acids is 1. The lowest BCUT2D eigenvalue weighted by Crippen LogP contribution is -2.41. The molecular formula is C16H22BNO4. The molecule has 1 aliphatic heterocycles. The number of primary amides is 1. The summed E-state index contributed by atoms with van der Waals surface area (Å²) in [5.41, 5.74) is 5.58. The molecule has 1 amide bonds. The third-order valence-electron chi connectivity index (χ3n) is 4.62. The van der Waals surface area contributed by atoms with Crippen molar-refractivity contribution in [2.45, 2.75) is 57.8 Å².